The Kier molecular flexibility index (Phi) is 4.08. The van der Waals surface area contributed by atoms with Crippen LogP contribution in [0.15, 0.2) is 66.9 Å². The zero-order valence-corrected chi connectivity index (χ0v) is 13.6. The van der Waals surface area contributed by atoms with Crippen molar-refractivity contribution >= 4 is 22.4 Å². The largest absolute Gasteiger partial charge is 0.361 e. The first-order chi connectivity index (χ1) is 12.7. The number of anilines is 2. The molecular formula is C21H13F2N3. The van der Waals surface area contributed by atoms with Crippen molar-refractivity contribution in [3.8, 4) is 11.8 Å². The van der Waals surface area contributed by atoms with Crippen LogP contribution in [0.4, 0.5) is 20.3 Å². The van der Waals surface area contributed by atoms with E-state index in [1.807, 2.05) is 30.5 Å². The van der Waals surface area contributed by atoms with Crippen molar-refractivity contribution < 1.29 is 8.78 Å². The number of aromatic amines is 1. The third-order valence-corrected chi connectivity index (χ3v) is 3.86. The van der Waals surface area contributed by atoms with E-state index in [2.05, 4.69) is 27.1 Å². The van der Waals surface area contributed by atoms with E-state index in [0.717, 1.165) is 16.6 Å². The van der Waals surface area contributed by atoms with Crippen LogP contribution in [0.25, 0.3) is 10.9 Å². The predicted octanol–water partition coefficient (Wildman–Crippen LogP) is 4.98. The summed E-state index contributed by atoms with van der Waals surface area (Å²) in [7, 11) is 0. The normalized spacial score (nSPS) is 10.4. The Morgan fingerprint density at radius 1 is 0.885 bits per heavy atom. The van der Waals surface area contributed by atoms with Crippen LogP contribution < -0.4 is 5.32 Å². The zero-order chi connectivity index (χ0) is 17.9. The van der Waals surface area contributed by atoms with Gasteiger partial charge in [-0.1, -0.05) is 11.8 Å². The molecule has 0 unspecified atom stereocenters. The minimum Gasteiger partial charge on any atom is -0.361 e. The standard InChI is InChI=1S/C21H13F2N3/c22-17-6-2-14(3-7-17)1-4-15-5-10-20(23)26-21(15)25-18-8-9-19-16(13-18)11-12-24-19/h2-3,5-13,24H,(H,25,26). The van der Waals surface area contributed by atoms with E-state index >= 15 is 0 Å². The molecule has 0 atom stereocenters. The second-order valence-corrected chi connectivity index (χ2v) is 5.69. The van der Waals surface area contributed by atoms with Gasteiger partial charge in [-0.25, -0.2) is 9.37 Å². The molecule has 4 rings (SSSR count). The molecule has 0 radical (unpaired) electrons. The number of H-pyrrole nitrogens is 1. The lowest BCUT2D eigenvalue weighted by Gasteiger charge is -2.08. The molecule has 2 N–H and O–H groups in total. The molecule has 0 aliphatic heterocycles. The number of nitrogens with zero attached hydrogens (tertiary/aromatic N) is 1. The number of benzene rings is 2. The van der Waals surface area contributed by atoms with Crippen LogP contribution in [-0.2, 0) is 0 Å². The van der Waals surface area contributed by atoms with Crippen molar-refractivity contribution in [1.29, 1.82) is 0 Å². The zero-order valence-electron chi connectivity index (χ0n) is 13.6. The van der Waals surface area contributed by atoms with Crippen LogP contribution in [-0.4, -0.2) is 9.97 Å². The van der Waals surface area contributed by atoms with Gasteiger partial charge in [0.1, 0.15) is 11.6 Å². The first-order valence-electron chi connectivity index (χ1n) is 7.96. The third kappa shape index (κ3) is 3.40. The molecule has 0 aliphatic rings. The summed E-state index contributed by atoms with van der Waals surface area (Å²) in [5.74, 6) is 5.31. The lowest BCUT2D eigenvalue weighted by atomic mass is 10.2. The first kappa shape index (κ1) is 15.9. The van der Waals surface area contributed by atoms with E-state index in [1.165, 1.54) is 18.2 Å². The minimum absolute atomic E-state index is 0.318. The van der Waals surface area contributed by atoms with Gasteiger partial charge < -0.3 is 10.3 Å². The number of halogens is 2. The van der Waals surface area contributed by atoms with E-state index < -0.39 is 5.95 Å². The second-order valence-electron chi connectivity index (χ2n) is 5.69. The molecule has 3 nitrogen and oxygen atoms in total. The highest BCUT2D eigenvalue weighted by Crippen LogP contribution is 2.23. The van der Waals surface area contributed by atoms with Crippen molar-refractivity contribution in [1.82, 2.24) is 9.97 Å². The molecule has 126 valence electrons. The van der Waals surface area contributed by atoms with Gasteiger partial charge in [-0.15, -0.1) is 0 Å². The molecule has 2 aromatic heterocycles. The number of pyridine rings is 1. The SMILES string of the molecule is Fc1ccc(C#Cc2ccc(F)nc2Nc2ccc3[nH]ccc3c2)cc1. The van der Waals surface area contributed by atoms with Crippen molar-refractivity contribution in [3.05, 3.63) is 89.8 Å². The lowest BCUT2D eigenvalue weighted by Crippen LogP contribution is -1.98. The molecule has 2 heterocycles. The highest BCUT2D eigenvalue weighted by molar-refractivity contribution is 5.84. The average Bonchev–Trinajstić information content (AvgIpc) is 3.10. The molecule has 5 heteroatoms. The molecule has 4 aromatic rings. The molecule has 0 amide bonds. The quantitative estimate of drug-likeness (QED) is 0.397. The Labute approximate surface area is 148 Å². The smallest absolute Gasteiger partial charge is 0.214 e. The molecule has 0 spiro atoms. The Balaban J connectivity index is 1.67. The maximum absolute atomic E-state index is 13.6. The fraction of sp³-hybridized carbons (Fsp3) is 0. The number of rotatable bonds is 2. The summed E-state index contributed by atoms with van der Waals surface area (Å²) in [6, 6.07) is 16.4. The van der Waals surface area contributed by atoms with Crippen LogP contribution in [0, 0.1) is 23.6 Å². The van der Waals surface area contributed by atoms with Gasteiger partial charge in [0.2, 0.25) is 5.95 Å². The Morgan fingerprint density at radius 3 is 2.58 bits per heavy atom. The van der Waals surface area contributed by atoms with E-state index in [0.29, 0.717) is 16.9 Å². The van der Waals surface area contributed by atoms with Crippen LogP contribution in [0.2, 0.25) is 0 Å². The van der Waals surface area contributed by atoms with Gasteiger partial charge in [0.15, 0.2) is 0 Å². The Bertz CT molecular complexity index is 1140. The second kappa shape index (κ2) is 6.69. The van der Waals surface area contributed by atoms with Crippen molar-refractivity contribution in [2.45, 2.75) is 0 Å². The third-order valence-electron chi connectivity index (χ3n) is 3.86. The summed E-state index contributed by atoms with van der Waals surface area (Å²) in [5.41, 5.74) is 3.00. The maximum atomic E-state index is 13.6. The topological polar surface area (TPSA) is 40.7 Å². The van der Waals surface area contributed by atoms with E-state index in [9.17, 15) is 8.78 Å². The number of fused-ring (bicyclic) bond motifs is 1. The van der Waals surface area contributed by atoms with Gasteiger partial charge in [0, 0.05) is 28.4 Å². The summed E-state index contributed by atoms with van der Waals surface area (Å²) in [6.07, 6.45) is 1.86. The van der Waals surface area contributed by atoms with Gasteiger partial charge in [0.25, 0.3) is 0 Å². The monoisotopic (exact) mass is 345 g/mol. The van der Waals surface area contributed by atoms with E-state index in [-0.39, 0.29) is 5.82 Å². The fourth-order valence-electron chi connectivity index (χ4n) is 2.57. The van der Waals surface area contributed by atoms with Crippen molar-refractivity contribution in [3.63, 3.8) is 0 Å². The Hall–Kier alpha value is -3.65. The number of nitrogens with one attached hydrogen (secondary N) is 2. The fourth-order valence-corrected chi connectivity index (χ4v) is 2.57. The summed E-state index contributed by atoms with van der Waals surface area (Å²) in [6.45, 7) is 0. The summed E-state index contributed by atoms with van der Waals surface area (Å²) in [4.78, 5) is 7.04. The van der Waals surface area contributed by atoms with Crippen LogP contribution in [0.1, 0.15) is 11.1 Å². The molecule has 2 aromatic carbocycles. The van der Waals surface area contributed by atoms with Gasteiger partial charge in [-0.05, 0) is 60.7 Å². The van der Waals surface area contributed by atoms with Crippen LogP contribution >= 0.6 is 0 Å². The lowest BCUT2D eigenvalue weighted by molar-refractivity contribution is 0.585. The van der Waals surface area contributed by atoms with Gasteiger partial charge in [-0.2, -0.15) is 4.39 Å². The molecule has 0 aliphatic carbocycles. The highest BCUT2D eigenvalue weighted by atomic mass is 19.1. The molecule has 0 fully saturated rings. The predicted molar refractivity (Wildman–Crippen MR) is 98.2 cm³/mol. The maximum Gasteiger partial charge on any atom is 0.214 e. The first-order valence-corrected chi connectivity index (χ1v) is 7.96. The van der Waals surface area contributed by atoms with Gasteiger partial charge >= 0.3 is 0 Å². The summed E-state index contributed by atoms with van der Waals surface area (Å²) >= 11 is 0. The van der Waals surface area contributed by atoms with Crippen LogP contribution in [0.3, 0.4) is 0 Å². The average molecular weight is 345 g/mol. The number of hydrogen-bond acceptors (Lipinski definition) is 2. The molecule has 26 heavy (non-hydrogen) atoms. The van der Waals surface area contributed by atoms with Gasteiger partial charge in [0.05, 0.1) is 5.56 Å². The summed E-state index contributed by atoms with van der Waals surface area (Å²) < 4.78 is 26.6. The van der Waals surface area contributed by atoms with E-state index in [4.69, 9.17) is 0 Å². The minimum atomic E-state index is -0.595. The number of hydrogen-bond donors (Lipinski definition) is 2. The van der Waals surface area contributed by atoms with Crippen molar-refractivity contribution in [2.75, 3.05) is 5.32 Å². The van der Waals surface area contributed by atoms with Crippen molar-refractivity contribution in [2.24, 2.45) is 0 Å². The van der Waals surface area contributed by atoms with Gasteiger partial charge in [-0.3, -0.25) is 0 Å². The van der Waals surface area contributed by atoms with E-state index in [1.54, 1.807) is 18.2 Å². The molecule has 0 bridgehead atoms. The molecule has 0 saturated heterocycles. The summed E-state index contributed by atoms with van der Waals surface area (Å²) in [5, 5.41) is 4.15. The number of aromatic nitrogens is 2. The molecular weight excluding hydrogens is 332 g/mol. The highest BCUT2D eigenvalue weighted by Gasteiger charge is 2.06. The molecule has 0 saturated carbocycles. The van der Waals surface area contributed by atoms with Crippen LogP contribution in [0.5, 0.6) is 0 Å². The Morgan fingerprint density at radius 2 is 1.73 bits per heavy atom.